The van der Waals surface area contributed by atoms with Gasteiger partial charge >= 0.3 is 0 Å². The first-order chi connectivity index (χ1) is 8.15. The van der Waals surface area contributed by atoms with E-state index in [0.717, 1.165) is 8.68 Å². The molecule has 0 saturated carbocycles. The fraction of sp³-hybridized carbons (Fsp3) is 0.600. The fourth-order valence-electron chi connectivity index (χ4n) is 0.802. The summed E-state index contributed by atoms with van der Waals surface area (Å²) >= 11 is 4.26. The van der Waals surface area contributed by atoms with Crippen LogP contribution in [0.4, 0.5) is 0 Å². The van der Waals surface area contributed by atoms with E-state index in [0.29, 0.717) is 24.3 Å². The number of hydrogen-bond acceptors (Lipinski definition) is 7. The average molecular weight is 290 g/mol. The molecule has 0 fully saturated rings. The van der Waals surface area contributed by atoms with Crippen LogP contribution in [0, 0.1) is 0 Å². The van der Waals surface area contributed by atoms with E-state index in [-0.39, 0.29) is 11.6 Å². The summed E-state index contributed by atoms with van der Waals surface area (Å²) < 4.78 is 1.58. The summed E-state index contributed by atoms with van der Waals surface area (Å²) in [5.41, 5.74) is 0. The number of Topliss-reactive ketones (excluding diaryl/α,β-unsaturated/α-hetero) is 2. The molecule has 4 nitrogen and oxygen atoms in total. The Labute approximate surface area is 113 Å². The zero-order chi connectivity index (χ0) is 12.7. The van der Waals surface area contributed by atoms with Crippen LogP contribution in [0.25, 0.3) is 0 Å². The summed E-state index contributed by atoms with van der Waals surface area (Å²) in [5.74, 6) is 1.31. The molecule has 7 heteroatoms. The number of ketones is 2. The van der Waals surface area contributed by atoms with Crippen LogP contribution in [0.1, 0.15) is 26.7 Å². The largest absolute Gasteiger partial charge is 0.299 e. The highest BCUT2D eigenvalue weighted by atomic mass is 32.2. The first-order valence-corrected chi connectivity index (χ1v) is 8.07. The molecule has 0 atom stereocenters. The summed E-state index contributed by atoms with van der Waals surface area (Å²) in [6.45, 7) is 3.70. The molecular weight excluding hydrogens is 276 g/mol. The lowest BCUT2D eigenvalue weighted by Crippen LogP contribution is -1.97. The average Bonchev–Trinajstić information content (AvgIpc) is 2.80. The van der Waals surface area contributed by atoms with Gasteiger partial charge in [-0.05, 0) is 0 Å². The highest BCUT2D eigenvalue weighted by Crippen LogP contribution is 2.28. The van der Waals surface area contributed by atoms with Gasteiger partial charge in [0.25, 0.3) is 0 Å². The van der Waals surface area contributed by atoms with Crippen molar-refractivity contribution in [1.29, 1.82) is 0 Å². The topological polar surface area (TPSA) is 59.9 Å². The van der Waals surface area contributed by atoms with Crippen LogP contribution >= 0.6 is 34.9 Å². The van der Waals surface area contributed by atoms with Crippen LogP contribution in [-0.4, -0.2) is 33.3 Å². The Kier molecular flexibility index (Phi) is 6.76. The molecule has 0 saturated heterocycles. The molecule has 1 rings (SSSR count). The highest BCUT2D eigenvalue weighted by molar-refractivity contribution is 8.03. The van der Waals surface area contributed by atoms with Crippen LogP contribution < -0.4 is 0 Å². The Hall–Kier alpha value is -0.400. The van der Waals surface area contributed by atoms with Gasteiger partial charge in [-0.25, -0.2) is 0 Å². The summed E-state index contributed by atoms with van der Waals surface area (Å²) in [4.78, 5) is 22.3. The number of carbonyl (C=O) groups excluding carboxylic acids is 2. The van der Waals surface area contributed by atoms with Gasteiger partial charge in [-0.2, -0.15) is 0 Å². The predicted octanol–water partition coefficient (Wildman–Crippen LogP) is 2.68. The van der Waals surface area contributed by atoms with Crippen molar-refractivity contribution in [3.05, 3.63) is 0 Å². The SMILES string of the molecule is CCC(=O)CSc1nnc(SCC(=O)CC)s1. The Morgan fingerprint density at radius 2 is 1.41 bits per heavy atom. The van der Waals surface area contributed by atoms with Gasteiger partial charge < -0.3 is 0 Å². The van der Waals surface area contributed by atoms with Gasteiger partial charge in [0.1, 0.15) is 11.6 Å². The van der Waals surface area contributed by atoms with Crippen LogP contribution in [0.3, 0.4) is 0 Å². The number of thioether (sulfide) groups is 2. The second-order valence-electron chi connectivity index (χ2n) is 3.20. The molecule has 0 radical (unpaired) electrons. The monoisotopic (exact) mass is 290 g/mol. The minimum Gasteiger partial charge on any atom is -0.299 e. The lowest BCUT2D eigenvalue weighted by atomic mass is 10.4. The van der Waals surface area contributed by atoms with Crippen molar-refractivity contribution < 1.29 is 9.59 Å². The van der Waals surface area contributed by atoms with Crippen molar-refractivity contribution in [2.24, 2.45) is 0 Å². The molecule has 0 amide bonds. The van der Waals surface area contributed by atoms with Crippen LogP contribution in [0.5, 0.6) is 0 Å². The van der Waals surface area contributed by atoms with Crippen molar-refractivity contribution in [2.45, 2.75) is 35.4 Å². The van der Waals surface area contributed by atoms with Gasteiger partial charge in [-0.3, -0.25) is 9.59 Å². The molecular formula is C10H14N2O2S3. The standard InChI is InChI=1S/C10H14N2O2S3/c1-3-7(13)5-15-9-11-12-10(17-9)16-6-8(14)4-2/h3-6H2,1-2H3. The van der Waals surface area contributed by atoms with E-state index >= 15 is 0 Å². The van der Waals surface area contributed by atoms with Gasteiger partial charge in [-0.15, -0.1) is 10.2 Å². The third-order valence-corrected chi connectivity index (χ3v) is 5.20. The van der Waals surface area contributed by atoms with Crippen molar-refractivity contribution in [1.82, 2.24) is 10.2 Å². The second kappa shape index (κ2) is 7.84. The molecule has 0 aliphatic carbocycles. The minimum atomic E-state index is 0.209. The Balaban J connectivity index is 2.37. The Morgan fingerprint density at radius 1 is 1.00 bits per heavy atom. The molecule has 0 N–H and O–H groups in total. The maximum absolute atomic E-state index is 11.1. The lowest BCUT2D eigenvalue weighted by Gasteiger charge is -1.93. The number of hydrogen-bond donors (Lipinski definition) is 0. The smallest absolute Gasteiger partial charge is 0.175 e. The highest BCUT2D eigenvalue weighted by Gasteiger charge is 2.08. The van der Waals surface area contributed by atoms with E-state index in [9.17, 15) is 9.59 Å². The number of carbonyl (C=O) groups is 2. The number of aromatic nitrogens is 2. The number of nitrogens with zero attached hydrogens (tertiary/aromatic N) is 2. The molecule has 0 unspecified atom stereocenters. The Morgan fingerprint density at radius 3 is 1.76 bits per heavy atom. The molecule has 1 heterocycles. The van der Waals surface area contributed by atoms with Crippen LogP contribution in [0.15, 0.2) is 8.68 Å². The van der Waals surface area contributed by atoms with E-state index in [1.165, 1.54) is 34.9 Å². The van der Waals surface area contributed by atoms with Gasteiger partial charge in [0.05, 0.1) is 11.5 Å². The van der Waals surface area contributed by atoms with E-state index in [2.05, 4.69) is 10.2 Å². The van der Waals surface area contributed by atoms with Crippen molar-refractivity contribution in [2.75, 3.05) is 11.5 Å². The van der Waals surface area contributed by atoms with Gasteiger partial charge in [-0.1, -0.05) is 48.7 Å². The first kappa shape index (κ1) is 14.7. The molecule has 0 spiro atoms. The van der Waals surface area contributed by atoms with Crippen LogP contribution in [-0.2, 0) is 9.59 Å². The normalized spacial score (nSPS) is 10.5. The fourth-order valence-corrected chi connectivity index (χ4v) is 3.75. The third-order valence-electron chi connectivity index (χ3n) is 1.89. The molecule has 0 aromatic carbocycles. The summed E-state index contributed by atoms with van der Waals surface area (Å²) in [6.07, 6.45) is 1.11. The quantitative estimate of drug-likeness (QED) is 0.686. The van der Waals surface area contributed by atoms with Gasteiger partial charge in [0.2, 0.25) is 0 Å². The maximum Gasteiger partial charge on any atom is 0.175 e. The maximum atomic E-state index is 11.1. The van der Waals surface area contributed by atoms with E-state index < -0.39 is 0 Å². The van der Waals surface area contributed by atoms with Crippen molar-refractivity contribution in [3.8, 4) is 0 Å². The third kappa shape index (κ3) is 5.65. The summed E-state index contributed by atoms with van der Waals surface area (Å²) in [7, 11) is 0. The molecule has 1 aromatic rings. The predicted molar refractivity (Wildman–Crippen MR) is 72.0 cm³/mol. The van der Waals surface area contributed by atoms with Crippen molar-refractivity contribution in [3.63, 3.8) is 0 Å². The Bertz CT molecular complexity index is 358. The van der Waals surface area contributed by atoms with Crippen molar-refractivity contribution >= 4 is 46.4 Å². The van der Waals surface area contributed by atoms with E-state index in [4.69, 9.17) is 0 Å². The minimum absolute atomic E-state index is 0.209. The molecule has 0 aliphatic rings. The van der Waals surface area contributed by atoms with Gasteiger partial charge in [0, 0.05) is 12.8 Å². The number of rotatable bonds is 8. The zero-order valence-electron chi connectivity index (χ0n) is 9.76. The molecule has 1 aromatic heterocycles. The van der Waals surface area contributed by atoms with E-state index in [1.54, 1.807) is 0 Å². The zero-order valence-corrected chi connectivity index (χ0v) is 12.2. The van der Waals surface area contributed by atoms with Gasteiger partial charge in [0.15, 0.2) is 8.68 Å². The second-order valence-corrected chi connectivity index (χ2v) is 6.62. The molecule has 0 bridgehead atoms. The molecule has 17 heavy (non-hydrogen) atoms. The molecule has 0 aliphatic heterocycles. The molecule has 94 valence electrons. The summed E-state index contributed by atoms with van der Waals surface area (Å²) in [6, 6.07) is 0. The summed E-state index contributed by atoms with van der Waals surface area (Å²) in [5, 5.41) is 7.95. The van der Waals surface area contributed by atoms with E-state index in [1.807, 2.05) is 13.8 Å². The lowest BCUT2D eigenvalue weighted by molar-refractivity contribution is -0.117. The van der Waals surface area contributed by atoms with Crippen LogP contribution in [0.2, 0.25) is 0 Å². The first-order valence-electron chi connectivity index (χ1n) is 5.28.